The Balaban J connectivity index is 0. The first-order chi connectivity index (χ1) is 7.60. The lowest BCUT2D eigenvalue weighted by molar-refractivity contribution is -0.116. The average molecular weight is 224 g/mol. The molecule has 0 aliphatic carbocycles. The van der Waals surface area contributed by atoms with Gasteiger partial charge in [0.05, 0.1) is 6.61 Å². The number of Topliss-reactive ketones (excluding diaryl/α,β-unsaturated/α-hetero) is 1. The summed E-state index contributed by atoms with van der Waals surface area (Å²) >= 11 is 0. The third-order valence-electron chi connectivity index (χ3n) is 1.80. The van der Waals surface area contributed by atoms with E-state index < -0.39 is 0 Å². The number of hydrogen-bond donors (Lipinski definition) is 1. The standard InChI is InChI=1S/C8H10O.C4H8O.CH2O/c1-7-2-4-8(6-9)5-3-7;1-3-4(2)5;1-2/h2-5,9H,6H2,1H3;3H2,1-2H3;1H2. The molecule has 90 valence electrons. The second kappa shape index (κ2) is 11.6. The van der Waals surface area contributed by atoms with Crippen molar-refractivity contribution in [1.29, 1.82) is 0 Å². The van der Waals surface area contributed by atoms with E-state index in [9.17, 15) is 4.79 Å². The van der Waals surface area contributed by atoms with Crippen molar-refractivity contribution in [3.8, 4) is 0 Å². The van der Waals surface area contributed by atoms with Crippen molar-refractivity contribution < 1.29 is 14.7 Å². The number of aryl methyl sites for hydroxylation is 1. The lowest BCUT2D eigenvalue weighted by atomic mass is 10.2. The summed E-state index contributed by atoms with van der Waals surface area (Å²) in [7, 11) is 0. The van der Waals surface area contributed by atoms with Crippen LogP contribution in [0.25, 0.3) is 0 Å². The SMILES string of the molecule is C=O.CCC(C)=O.Cc1ccc(CO)cc1. The van der Waals surface area contributed by atoms with Gasteiger partial charge in [0.25, 0.3) is 0 Å². The molecule has 0 unspecified atom stereocenters. The Morgan fingerprint density at radius 1 is 1.25 bits per heavy atom. The first-order valence-electron chi connectivity index (χ1n) is 5.04. The second-order valence-electron chi connectivity index (χ2n) is 3.20. The van der Waals surface area contributed by atoms with E-state index in [4.69, 9.17) is 9.90 Å². The van der Waals surface area contributed by atoms with Crippen LogP contribution < -0.4 is 0 Å². The van der Waals surface area contributed by atoms with Crippen LogP contribution in [0.5, 0.6) is 0 Å². The van der Waals surface area contributed by atoms with Crippen LogP contribution in [-0.4, -0.2) is 17.7 Å². The smallest absolute Gasteiger partial charge is 0.129 e. The fraction of sp³-hybridized carbons (Fsp3) is 0.385. The zero-order valence-corrected chi connectivity index (χ0v) is 10.2. The number of benzene rings is 1. The Labute approximate surface area is 97.1 Å². The van der Waals surface area contributed by atoms with Crippen LogP contribution in [0.2, 0.25) is 0 Å². The van der Waals surface area contributed by atoms with E-state index in [2.05, 4.69) is 0 Å². The summed E-state index contributed by atoms with van der Waals surface area (Å²) in [6, 6.07) is 7.84. The van der Waals surface area contributed by atoms with Crippen molar-refractivity contribution in [3.63, 3.8) is 0 Å². The van der Waals surface area contributed by atoms with Crippen LogP contribution >= 0.6 is 0 Å². The maximum absolute atomic E-state index is 9.81. The summed E-state index contributed by atoms with van der Waals surface area (Å²) in [5.41, 5.74) is 2.20. The molecule has 0 bridgehead atoms. The molecular weight excluding hydrogens is 204 g/mol. The lowest BCUT2D eigenvalue weighted by Gasteiger charge is -1.93. The fourth-order valence-electron chi connectivity index (χ4n) is 0.693. The molecule has 16 heavy (non-hydrogen) atoms. The number of aliphatic hydroxyl groups excluding tert-OH is 1. The average Bonchev–Trinajstić information content (AvgIpc) is 2.33. The summed E-state index contributed by atoms with van der Waals surface area (Å²) in [5, 5.41) is 8.63. The molecule has 0 fully saturated rings. The first kappa shape index (κ1) is 16.9. The zero-order chi connectivity index (χ0) is 13.0. The monoisotopic (exact) mass is 224 g/mol. The molecule has 3 heteroatoms. The molecule has 1 rings (SSSR count). The molecule has 0 aromatic heterocycles. The van der Waals surface area contributed by atoms with E-state index in [1.165, 1.54) is 5.56 Å². The summed E-state index contributed by atoms with van der Waals surface area (Å²) in [4.78, 5) is 17.8. The maximum atomic E-state index is 9.81. The summed E-state index contributed by atoms with van der Waals surface area (Å²) in [5.74, 6) is 0.255. The summed E-state index contributed by atoms with van der Waals surface area (Å²) in [6.07, 6.45) is 0.667. The van der Waals surface area contributed by atoms with E-state index >= 15 is 0 Å². The van der Waals surface area contributed by atoms with E-state index in [0.717, 1.165) is 5.56 Å². The highest BCUT2D eigenvalue weighted by atomic mass is 16.3. The van der Waals surface area contributed by atoms with Gasteiger partial charge in [-0.15, -0.1) is 0 Å². The Kier molecular flexibility index (Phi) is 12.3. The number of ketones is 1. The molecule has 0 saturated heterocycles. The van der Waals surface area contributed by atoms with Crippen LogP contribution in [0.1, 0.15) is 31.4 Å². The number of rotatable bonds is 2. The number of aliphatic hydroxyl groups is 1. The van der Waals surface area contributed by atoms with Gasteiger partial charge in [-0.3, -0.25) is 0 Å². The molecule has 0 atom stereocenters. The van der Waals surface area contributed by atoms with Gasteiger partial charge in [0.15, 0.2) is 0 Å². The van der Waals surface area contributed by atoms with Crippen LogP contribution in [0.3, 0.4) is 0 Å². The third kappa shape index (κ3) is 10.6. The molecule has 0 aliphatic heterocycles. The van der Waals surface area contributed by atoms with E-state index in [1.807, 2.05) is 44.9 Å². The summed E-state index contributed by atoms with van der Waals surface area (Å²) < 4.78 is 0. The largest absolute Gasteiger partial charge is 0.392 e. The highest BCUT2D eigenvalue weighted by molar-refractivity contribution is 5.74. The van der Waals surface area contributed by atoms with Crippen molar-refractivity contribution in [2.24, 2.45) is 0 Å². The normalized spacial score (nSPS) is 8.00. The minimum atomic E-state index is 0.139. The molecule has 0 aliphatic rings. The molecule has 1 N–H and O–H groups in total. The first-order valence-corrected chi connectivity index (χ1v) is 5.04. The Morgan fingerprint density at radius 2 is 1.62 bits per heavy atom. The van der Waals surface area contributed by atoms with Crippen LogP contribution in [0.4, 0.5) is 0 Å². The Bertz CT molecular complexity index is 278. The van der Waals surface area contributed by atoms with Gasteiger partial charge in [-0.1, -0.05) is 36.8 Å². The molecule has 0 heterocycles. The van der Waals surface area contributed by atoms with E-state index in [-0.39, 0.29) is 12.4 Å². The van der Waals surface area contributed by atoms with Crippen molar-refractivity contribution in [3.05, 3.63) is 35.4 Å². The van der Waals surface area contributed by atoms with Crippen molar-refractivity contribution in [1.82, 2.24) is 0 Å². The second-order valence-corrected chi connectivity index (χ2v) is 3.20. The van der Waals surface area contributed by atoms with Gasteiger partial charge in [-0.05, 0) is 19.4 Å². The molecular formula is C13H20O3. The zero-order valence-electron chi connectivity index (χ0n) is 10.2. The highest BCUT2D eigenvalue weighted by Gasteiger charge is 1.85. The van der Waals surface area contributed by atoms with Crippen LogP contribution in [-0.2, 0) is 16.2 Å². The van der Waals surface area contributed by atoms with Gasteiger partial charge in [0, 0.05) is 6.42 Å². The number of carbonyl (C=O) groups excluding carboxylic acids is 2. The Morgan fingerprint density at radius 3 is 1.88 bits per heavy atom. The highest BCUT2D eigenvalue weighted by Crippen LogP contribution is 2.01. The number of carbonyl (C=O) groups is 2. The lowest BCUT2D eigenvalue weighted by Crippen LogP contribution is -1.80. The van der Waals surface area contributed by atoms with E-state index in [1.54, 1.807) is 6.92 Å². The predicted octanol–water partition coefficient (Wildman–Crippen LogP) is 2.29. The van der Waals surface area contributed by atoms with E-state index in [0.29, 0.717) is 6.42 Å². The minimum Gasteiger partial charge on any atom is -0.392 e. The molecule has 0 spiro atoms. The Hall–Kier alpha value is -1.48. The van der Waals surface area contributed by atoms with Crippen LogP contribution in [0.15, 0.2) is 24.3 Å². The number of hydrogen-bond acceptors (Lipinski definition) is 3. The molecule has 3 nitrogen and oxygen atoms in total. The predicted molar refractivity (Wildman–Crippen MR) is 65.2 cm³/mol. The molecule has 1 aromatic rings. The minimum absolute atomic E-state index is 0.139. The fourth-order valence-corrected chi connectivity index (χ4v) is 0.693. The maximum Gasteiger partial charge on any atom is 0.129 e. The van der Waals surface area contributed by atoms with Gasteiger partial charge in [-0.25, -0.2) is 0 Å². The van der Waals surface area contributed by atoms with Gasteiger partial charge in [0.2, 0.25) is 0 Å². The topological polar surface area (TPSA) is 54.4 Å². The van der Waals surface area contributed by atoms with Gasteiger partial charge in [0.1, 0.15) is 12.6 Å². The molecule has 1 aromatic carbocycles. The van der Waals surface area contributed by atoms with Gasteiger partial charge < -0.3 is 14.7 Å². The summed E-state index contributed by atoms with van der Waals surface area (Å²) in [6.45, 7) is 7.60. The molecule has 0 amide bonds. The van der Waals surface area contributed by atoms with Gasteiger partial charge >= 0.3 is 0 Å². The van der Waals surface area contributed by atoms with Crippen LogP contribution in [0, 0.1) is 6.92 Å². The molecule has 0 radical (unpaired) electrons. The van der Waals surface area contributed by atoms with Crippen molar-refractivity contribution in [2.75, 3.05) is 0 Å². The third-order valence-corrected chi connectivity index (χ3v) is 1.80. The van der Waals surface area contributed by atoms with Gasteiger partial charge in [-0.2, -0.15) is 0 Å². The van der Waals surface area contributed by atoms with Crippen molar-refractivity contribution >= 4 is 12.6 Å². The quantitative estimate of drug-likeness (QED) is 0.838. The molecule has 0 saturated carbocycles. The van der Waals surface area contributed by atoms with Crippen molar-refractivity contribution in [2.45, 2.75) is 33.8 Å².